The van der Waals surface area contributed by atoms with Crippen LogP contribution < -0.4 is 10.5 Å². The first kappa shape index (κ1) is 22.8. The zero-order chi connectivity index (χ0) is 23.7. The molecular formula is C27H29NO5. The number of benzene rings is 2. The Morgan fingerprint density at radius 1 is 1.15 bits per heavy atom. The molecule has 6 nitrogen and oxygen atoms in total. The van der Waals surface area contributed by atoms with E-state index in [9.17, 15) is 14.4 Å². The minimum Gasteiger partial charge on any atom is -0.461 e. The molecule has 0 saturated carbocycles. The summed E-state index contributed by atoms with van der Waals surface area (Å²) in [5, 5.41) is 0.761. The van der Waals surface area contributed by atoms with E-state index in [0.717, 1.165) is 28.6 Å². The van der Waals surface area contributed by atoms with E-state index in [0.29, 0.717) is 17.1 Å². The molecule has 1 aromatic heterocycles. The average Bonchev–Trinajstić information content (AvgIpc) is 3.18. The first-order valence-corrected chi connectivity index (χ1v) is 11.4. The molecule has 0 spiro atoms. The van der Waals surface area contributed by atoms with Crippen molar-refractivity contribution in [2.24, 2.45) is 5.92 Å². The predicted molar refractivity (Wildman–Crippen MR) is 127 cm³/mol. The van der Waals surface area contributed by atoms with Gasteiger partial charge in [0.1, 0.15) is 12.2 Å². The number of ether oxygens (including phenoxy) is 1. The van der Waals surface area contributed by atoms with Crippen LogP contribution in [-0.4, -0.2) is 18.4 Å². The second-order valence-electron chi connectivity index (χ2n) is 8.98. The first-order chi connectivity index (χ1) is 15.8. The Labute approximate surface area is 193 Å². The molecule has 1 unspecified atom stereocenters. The van der Waals surface area contributed by atoms with E-state index in [1.807, 2.05) is 43.3 Å². The van der Waals surface area contributed by atoms with Crippen LogP contribution in [0.3, 0.4) is 0 Å². The van der Waals surface area contributed by atoms with E-state index < -0.39 is 17.5 Å². The number of hydrogen-bond donors (Lipinski definition) is 0. The highest BCUT2D eigenvalue weighted by molar-refractivity contribution is 5.99. The fourth-order valence-corrected chi connectivity index (χ4v) is 4.43. The molecule has 2 heterocycles. The van der Waals surface area contributed by atoms with Crippen LogP contribution in [0, 0.1) is 12.8 Å². The molecule has 0 N–H and O–H groups in total. The van der Waals surface area contributed by atoms with Gasteiger partial charge in [0.25, 0.3) is 0 Å². The van der Waals surface area contributed by atoms with Crippen LogP contribution in [0.25, 0.3) is 11.0 Å². The Hall–Kier alpha value is -3.41. The quantitative estimate of drug-likeness (QED) is 0.397. The molecule has 1 fully saturated rings. The molecule has 6 heteroatoms. The van der Waals surface area contributed by atoms with Gasteiger partial charge < -0.3 is 14.1 Å². The van der Waals surface area contributed by atoms with E-state index in [1.54, 1.807) is 4.90 Å². The van der Waals surface area contributed by atoms with Gasteiger partial charge >= 0.3 is 11.6 Å². The lowest BCUT2D eigenvalue weighted by molar-refractivity contribution is -0.149. The number of hydrogen-bond acceptors (Lipinski definition) is 5. The highest BCUT2D eigenvalue weighted by Gasteiger charge is 2.36. The minimum absolute atomic E-state index is 0.0442. The molecule has 2 aromatic carbocycles. The maximum absolute atomic E-state index is 12.8. The van der Waals surface area contributed by atoms with Crippen molar-refractivity contribution in [3.05, 3.63) is 75.1 Å². The Morgan fingerprint density at radius 3 is 2.55 bits per heavy atom. The molecule has 4 rings (SSSR count). The average molecular weight is 448 g/mol. The standard InChI is InChI=1S/C27H29NO5/c1-5-18-6-8-21(9-7-18)28-14-19(11-25(28)29)27(31)32-15-20-12-26(30)33-24-10-17(4)22(16(2)3)13-23(20)24/h6-10,12-13,16,19H,5,11,14-15H2,1-4H3. The van der Waals surface area contributed by atoms with Crippen molar-refractivity contribution in [3.63, 3.8) is 0 Å². The number of carbonyl (C=O) groups is 2. The molecule has 0 aliphatic carbocycles. The normalized spacial score (nSPS) is 16.1. The number of aryl methyl sites for hydroxylation is 2. The van der Waals surface area contributed by atoms with Crippen LogP contribution in [0.2, 0.25) is 0 Å². The number of anilines is 1. The number of amides is 1. The highest BCUT2D eigenvalue weighted by atomic mass is 16.5. The number of rotatable bonds is 6. The van der Waals surface area contributed by atoms with E-state index in [2.05, 4.69) is 20.8 Å². The van der Waals surface area contributed by atoms with Crippen LogP contribution in [0.1, 0.15) is 55.4 Å². The van der Waals surface area contributed by atoms with Crippen molar-refractivity contribution in [3.8, 4) is 0 Å². The number of nitrogens with zero attached hydrogens (tertiary/aromatic N) is 1. The van der Waals surface area contributed by atoms with Gasteiger partial charge in [0.2, 0.25) is 5.91 Å². The zero-order valence-corrected chi connectivity index (χ0v) is 19.5. The molecule has 1 aliphatic heterocycles. The van der Waals surface area contributed by atoms with Crippen molar-refractivity contribution in [1.82, 2.24) is 0 Å². The zero-order valence-electron chi connectivity index (χ0n) is 19.5. The van der Waals surface area contributed by atoms with Crippen LogP contribution in [-0.2, 0) is 27.4 Å². The summed E-state index contributed by atoms with van der Waals surface area (Å²) in [6, 6.07) is 13.0. The minimum atomic E-state index is -0.539. The number of fused-ring (bicyclic) bond motifs is 1. The summed E-state index contributed by atoms with van der Waals surface area (Å²) in [5.74, 6) is -0.764. The smallest absolute Gasteiger partial charge is 0.336 e. The summed E-state index contributed by atoms with van der Waals surface area (Å²) in [4.78, 5) is 39.0. The van der Waals surface area contributed by atoms with Crippen LogP contribution in [0.5, 0.6) is 0 Å². The lowest BCUT2D eigenvalue weighted by Crippen LogP contribution is -2.26. The molecule has 33 heavy (non-hydrogen) atoms. The lowest BCUT2D eigenvalue weighted by atomic mass is 9.95. The third-order valence-electron chi connectivity index (χ3n) is 6.32. The summed E-state index contributed by atoms with van der Waals surface area (Å²) < 4.78 is 10.9. The molecule has 1 atom stereocenters. The first-order valence-electron chi connectivity index (χ1n) is 11.4. The van der Waals surface area contributed by atoms with Gasteiger partial charge in [-0.05, 0) is 60.2 Å². The third kappa shape index (κ3) is 4.70. The van der Waals surface area contributed by atoms with Gasteiger partial charge in [-0.15, -0.1) is 0 Å². The molecule has 0 radical (unpaired) electrons. The van der Waals surface area contributed by atoms with Crippen molar-refractivity contribution >= 4 is 28.5 Å². The molecular weight excluding hydrogens is 418 g/mol. The van der Waals surface area contributed by atoms with Crippen molar-refractivity contribution in [1.29, 1.82) is 0 Å². The summed E-state index contributed by atoms with van der Waals surface area (Å²) in [6.45, 7) is 8.51. The summed E-state index contributed by atoms with van der Waals surface area (Å²) in [7, 11) is 0. The maximum Gasteiger partial charge on any atom is 0.336 e. The van der Waals surface area contributed by atoms with Gasteiger partial charge in [-0.2, -0.15) is 0 Å². The number of esters is 1. The monoisotopic (exact) mass is 447 g/mol. The molecule has 1 aliphatic rings. The molecule has 3 aromatic rings. The predicted octanol–water partition coefficient (Wildman–Crippen LogP) is 4.88. The van der Waals surface area contributed by atoms with E-state index >= 15 is 0 Å². The van der Waals surface area contributed by atoms with Gasteiger partial charge in [-0.1, -0.05) is 32.9 Å². The topological polar surface area (TPSA) is 76.8 Å². The summed E-state index contributed by atoms with van der Waals surface area (Å²) in [6.07, 6.45) is 1.04. The summed E-state index contributed by atoms with van der Waals surface area (Å²) in [5.41, 5.74) is 4.78. The molecule has 0 bridgehead atoms. The van der Waals surface area contributed by atoms with Crippen molar-refractivity contribution in [2.75, 3.05) is 11.4 Å². The van der Waals surface area contributed by atoms with Gasteiger partial charge in [0, 0.05) is 35.7 Å². The summed E-state index contributed by atoms with van der Waals surface area (Å²) >= 11 is 0. The van der Waals surface area contributed by atoms with E-state index in [4.69, 9.17) is 9.15 Å². The van der Waals surface area contributed by atoms with Crippen molar-refractivity contribution < 1.29 is 18.7 Å². The van der Waals surface area contributed by atoms with Crippen LogP contribution in [0.15, 0.2) is 51.7 Å². The maximum atomic E-state index is 12.8. The molecule has 1 amide bonds. The van der Waals surface area contributed by atoms with Crippen molar-refractivity contribution in [2.45, 2.75) is 53.1 Å². The van der Waals surface area contributed by atoms with Crippen LogP contribution >= 0.6 is 0 Å². The van der Waals surface area contributed by atoms with Gasteiger partial charge in [0.15, 0.2) is 0 Å². The fourth-order valence-electron chi connectivity index (χ4n) is 4.43. The Balaban J connectivity index is 1.50. The van der Waals surface area contributed by atoms with E-state index in [1.165, 1.54) is 11.6 Å². The van der Waals surface area contributed by atoms with Gasteiger partial charge in [-0.3, -0.25) is 9.59 Å². The van der Waals surface area contributed by atoms with E-state index in [-0.39, 0.29) is 25.5 Å². The second kappa shape index (κ2) is 9.22. The van der Waals surface area contributed by atoms with Crippen LogP contribution in [0.4, 0.5) is 5.69 Å². The Morgan fingerprint density at radius 2 is 1.88 bits per heavy atom. The van der Waals surface area contributed by atoms with Gasteiger partial charge in [-0.25, -0.2) is 4.79 Å². The number of carbonyl (C=O) groups excluding carboxylic acids is 2. The SMILES string of the molecule is CCc1ccc(N2CC(C(=O)OCc3cc(=O)oc4cc(C)c(C(C)C)cc34)CC2=O)cc1. The van der Waals surface area contributed by atoms with Gasteiger partial charge in [0.05, 0.1) is 5.92 Å². The second-order valence-corrected chi connectivity index (χ2v) is 8.98. The molecule has 172 valence electrons. The third-order valence-corrected chi connectivity index (χ3v) is 6.32. The lowest BCUT2D eigenvalue weighted by Gasteiger charge is -2.17. The largest absolute Gasteiger partial charge is 0.461 e. The highest BCUT2D eigenvalue weighted by Crippen LogP contribution is 2.29. The Kier molecular flexibility index (Phi) is 6.36. The fraction of sp³-hybridized carbons (Fsp3) is 0.370. The Bertz CT molecular complexity index is 1260. The molecule has 1 saturated heterocycles.